The van der Waals surface area contributed by atoms with Gasteiger partial charge < -0.3 is 9.64 Å². The van der Waals surface area contributed by atoms with E-state index in [1.807, 2.05) is 46.7 Å². The Balaban J connectivity index is 1.56. The van der Waals surface area contributed by atoms with E-state index in [-0.39, 0.29) is 18.5 Å². The number of nitrogens with one attached hydrogen (secondary N) is 1. The lowest BCUT2D eigenvalue weighted by atomic mass is 10.0. The Morgan fingerprint density at radius 1 is 1.37 bits per heavy atom. The number of likely N-dealkylation sites (tertiary alicyclic amines) is 1. The Bertz CT molecular complexity index is 976. The SMILES string of the molecule is COc1ccc([C@H]2CCCN2C(=O)Cn2c(-c3cccs3)n[nH]c2=S)cc1. The number of hydrogen-bond donors (Lipinski definition) is 1. The number of carbonyl (C=O) groups is 1. The highest BCUT2D eigenvalue weighted by Gasteiger charge is 2.30. The number of ether oxygens (including phenoxy) is 1. The van der Waals surface area contributed by atoms with E-state index in [4.69, 9.17) is 17.0 Å². The van der Waals surface area contributed by atoms with Gasteiger partial charge in [0.05, 0.1) is 18.0 Å². The minimum Gasteiger partial charge on any atom is -0.497 e. The smallest absolute Gasteiger partial charge is 0.243 e. The summed E-state index contributed by atoms with van der Waals surface area (Å²) in [7, 11) is 1.65. The second kappa shape index (κ2) is 7.66. The predicted molar refractivity (Wildman–Crippen MR) is 107 cm³/mol. The van der Waals surface area contributed by atoms with Crippen molar-refractivity contribution in [1.29, 1.82) is 0 Å². The lowest BCUT2D eigenvalue weighted by Crippen LogP contribution is -2.33. The van der Waals surface area contributed by atoms with E-state index in [2.05, 4.69) is 10.2 Å². The highest BCUT2D eigenvalue weighted by Crippen LogP contribution is 2.33. The number of methoxy groups -OCH3 is 1. The first-order chi connectivity index (χ1) is 13.2. The van der Waals surface area contributed by atoms with Crippen molar-refractivity contribution in [3.05, 3.63) is 52.1 Å². The molecule has 3 heterocycles. The highest BCUT2D eigenvalue weighted by molar-refractivity contribution is 7.71. The fourth-order valence-corrected chi connectivity index (χ4v) is 4.44. The maximum atomic E-state index is 13.1. The number of carbonyl (C=O) groups excluding carboxylic acids is 1. The maximum Gasteiger partial charge on any atom is 0.243 e. The third-order valence-corrected chi connectivity index (χ3v) is 6.04. The van der Waals surface area contributed by atoms with Crippen LogP contribution >= 0.6 is 23.6 Å². The monoisotopic (exact) mass is 400 g/mol. The van der Waals surface area contributed by atoms with Crippen LogP contribution in [0.4, 0.5) is 0 Å². The van der Waals surface area contributed by atoms with E-state index in [0.29, 0.717) is 10.6 Å². The number of aromatic nitrogens is 3. The molecule has 2 aromatic heterocycles. The Labute approximate surface area is 166 Å². The molecule has 1 amide bonds. The summed E-state index contributed by atoms with van der Waals surface area (Å²) in [6.07, 6.45) is 1.96. The third kappa shape index (κ3) is 3.54. The molecule has 1 atom stereocenters. The number of thiophene rings is 1. The molecule has 4 rings (SSSR count). The molecule has 1 aliphatic heterocycles. The molecule has 0 bridgehead atoms. The van der Waals surface area contributed by atoms with Gasteiger partial charge in [-0.3, -0.25) is 14.5 Å². The van der Waals surface area contributed by atoms with Crippen molar-refractivity contribution in [2.45, 2.75) is 25.4 Å². The van der Waals surface area contributed by atoms with Crippen molar-refractivity contribution in [2.75, 3.05) is 13.7 Å². The second-order valence-corrected chi connectivity index (χ2v) is 7.77. The summed E-state index contributed by atoms with van der Waals surface area (Å²) in [4.78, 5) is 16.0. The molecule has 1 saturated heterocycles. The third-order valence-electron chi connectivity index (χ3n) is 4.87. The number of rotatable bonds is 5. The molecule has 0 unspecified atom stereocenters. The van der Waals surface area contributed by atoms with Crippen molar-refractivity contribution in [1.82, 2.24) is 19.7 Å². The molecule has 27 heavy (non-hydrogen) atoms. The van der Waals surface area contributed by atoms with Crippen LogP contribution in [0.25, 0.3) is 10.7 Å². The Kier molecular flexibility index (Phi) is 5.09. The van der Waals surface area contributed by atoms with Crippen LogP contribution in [-0.2, 0) is 11.3 Å². The van der Waals surface area contributed by atoms with E-state index in [9.17, 15) is 4.79 Å². The van der Waals surface area contributed by atoms with Gasteiger partial charge in [-0.05, 0) is 54.2 Å². The van der Waals surface area contributed by atoms with Crippen molar-refractivity contribution in [2.24, 2.45) is 0 Å². The number of H-pyrrole nitrogens is 1. The summed E-state index contributed by atoms with van der Waals surface area (Å²) >= 11 is 6.93. The number of amides is 1. The van der Waals surface area contributed by atoms with Crippen LogP contribution in [0.3, 0.4) is 0 Å². The van der Waals surface area contributed by atoms with E-state index >= 15 is 0 Å². The lowest BCUT2D eigenvalue weighted by molar-refractivity contribution is -0.132. The lowest BCUT2D eigenvalue weighted by Gasteiger charge is -2.25. The molecule has 1 aromatic carbocycles. The maximum absolute atomic E-state index is 13.1. The first-order valence-corrected chi connectivity index (χ1v) is 10.1. The summed E-state index contributed by atoms with van der Waals surface area (Å²) in [5, 5.41) is 9.11. The Morgan fingerprint density at radius 2 is 2.19 bits per heavy atom. The molecule has 1 fully saturated rings. The number of aromatic amines is 1. The Hall–Kier alpha value is -2.45. The van der Waals surface area contributed by atoms with Gasteiger partial charge in [-0.25, -0.2) is 0 Å². The van der Waals surface area contributed by atoms with Crippen LogP contribution in [0.5, 0.6) is 5.75 Å². The molecule has 3 aromatic rings. The normalized spacial score (nSPS) is 16.6. The molecule has 8 heteroatoms. The van der Waals surface area contributed by atoms with Crippen LogP contribution in [0, 0.1) is 4.77 Å². The quantitative estimate of drug-likeness (QED) is 0.657. The zero-order valence-electron chi connectivity index (χ0n) is 14.9. The van der Waals surface area contributed by atoms with Gasteiger partial charge in [0.2, 0.25) is 5.91 Å². The van der Waals surface area contributed by atoms with E-state index in [1.54, 1.807) is 23.0 Å². The van der Waals surface area contributed by atoms with Crippen molar-refractivity contribution < 1.29 is 9.53 Å². The van der Waals surface area contributed by atoms with Crippen LogP contribution in [0.1, 0.15) is 24.4 Å². The molecule has 1 aliphatic rings. The van der Waals surface area contributed by atoms with Gasteiger partial charge in [-0.1, -0.05) is 18.2 Å². The van der Waals surface area contributed by atoms with Crippen molar-refractivity contribution in [3.8, 4) is 16.5 Å². The van der Waals surface area contributed by atoms with Crippen LogP contribution in [0.15, 0.2) is 41.8 Å². The minimum absolute atomic E-state index is 0.0589. The highest BCUT2D eigenvalue weighted by atomic mass is 32.1. The molecular formula is C19H20N4O2S2. The number of hydrogen-bond acceptors (Lipinski definition) is 5. The van der Waals surface area contributed by atoms with Gasteiger partial charge >= 0.3 is 0 Å². The number of nitrogens with zero attached hydrogens (tertiary/aromatic N) is 3. The minimum atomic E-state index is 0.0589. The standard InChI is InChI=1S/C19H20N4O2S2/c1-25-14-8-6-13(7-9-14)15-4-2-10-22(15)17(24)12-23-18(20-21-19(23)26)16-5-3-11-27-16/h3,5-9,11,15H,2,4,10,12H2,1H3,(H,21,26)/t15-/m1/s1. The van der Waals surface area contributed by atoms with Crippen LogP contribution < -0.4 is 4.74 Å². The fourth-order valence-electron chi connectivity index (χ4n) is 3.52. The van der Waals surface area contributed by atoms with E-state index in [1.165, 1.54) is 0 Å². The van der Waals surface area contributed by atoms with E-state index in [0.717, 1.165) is 35.6 Å². The topological polar surface area (TPSA) is 63.1 Å². The summed E-state index contributed by atoms with van der Waals surface area (Å²) in [6, 6.07) is 12.0. The molecule has 0 saturated carbocycles. The second-order valence-electron chi connectivity index (χ2n) is 6.43. The van der Waals surface area contributed by atoms with Crippen molar-refractivity contribution >= 4 is 29.5 Å². The average Bonchev–Trinajstić information content (AvgIpc) is 3.43. The van der Waals surface area contributed by atoms with Gasteiger partial charge in [0, 0.05) is 6.54 Å². The average molecular weight is 401 g/mol. The zero-order valence-corrected chi connectivity index (χ0v) is 16.6. The van der Waals surface area contributed by atoms with Crippen LogP contribution in [0.2, 0.25) is 0 Å². The molecule has 1 N–H and O–H groups in total. The fraction of sp³-hybridized carbons (Fsp3) is 0.316. The summed E-state index contributed by atoms with van der Waals surface area (Å²) < 4.78 is 7.48. The molecule has 0 spiro atoms. The van der Waals surface area contributed by atoms with Gasteiger partial charge in [-0.2, -0.15) is 5.10 Å². The molecule has 0 radical (unpaired) electrons. The Morgan fingerprint density at radius 3 is 2.89 bits per heavy atom. The summed E-state index contributed by atoms with van der Waals surface area (Å²) in [5.74, 6) is 1.59. The molecule has 6 nitrogen and oxygen atoms in total. The van der Waals surface area contributed by atoms with Crippen LogP contribution in [-0.4, -0.2) is 39.2 Å². The molecular weight excluding hydrogens is 380 g/mol. The van der Waals surface area contributed by atoms with Gasteiger partial charge in [0.25, 0.3) is 0 Å². The largest absolute Gasteiger partial charge is 0.497 e. The first kappa shape index (κ1) is 17.9. The summed E-state index contributed by atoms with van der Waals surface area (Å²) in [6.45, 7) is 0.949. The molecule has 140 valence electrons. The number of benzene rings is 1. The van der Waals surface area contributed by atoms with Gasteiger partial charge in [0.1, 0.15) is 12.3 Å². The molecule has 0 aliphatic carbocycles. The first-order valence-electron chi connectivity index (χ1n) is 8.80. The zero-order chi connectivity index (χ0) is 18.8. The summed E-state index contributed by atoms with van der Waals surface area (Å²) in [5.41, 5.74) is 1.14. The predicted octanol–water partition coefficient (Wildman–Crippen LogP) is 4.04. The van der Waals surface area contributed by atoms with E-state index < -0.39 is 0 Å². The van der Waals surface area contributed by atoms with Gasteiger partial charge in [-0.15, -0.1) is 11.3 Å². The van der Waals surface area contributed by atoms with Gasteiger partial charge in [0.15, 0.2) is 10.6 Å². The van der Waals surface area contributed by atoms with Crippen molar-refractivity contribution in [3.63, 3.8) is 0 Å².